The number of amides is 1. The number of ether oxygens (including phenoxy) is 2. The highest BCUT2D eigenvalue weighted by Gasteiger charge is 2.59. The van der Waals surface area contributed by atoms with Crippen LogP contribution in [0.25, 0.3) is 0 Å². The van der Waals surface area contributed by atoms with E-state index < -0.39 is 29.5 Å². The van der Waals surface area contributed by atoms with Gasteiger partial charge >= 0.3 is 12.1 Å². The molecule has 1 saturated heterocycles. The van der Waals surface area contributed by atoms with Gasteiger partial charge in [0.2, 0.25) is 0 Å². The molecular formula is C25H25NO5. The summed E-state index contributed by atoms with van der Waals surface area (Å²) in [6, 6.07) is 19.9. The lowest BCUT2D eigenvalue weighted by atomic mass is 9.55. The average Bonchev–Trinajstić information content (AvgIpc) is 3.23. The Morgan fingerprint density at radius 3 is 2.13 bits per heavy atom. The van der Waals surface area contributed by atoms with Crippen LogP contribution in [0.1, 0.15) is 24.5 Å². The quantitative estimate of drug-likeness (QED) is 0.558. The van der Waals surface area contributed by atoms with E-state index in [1.807, 2.05) is 60.7 Å². The van der Waals surface area contributed by atoms with Gasteiger partial charge in [0, 0.05) is 43.7 Å². The van der Waals surface area contributed by atoms with Crippen LogP contribution < -0.4 is 0 Å². The lowest BCUT2D eigenvalue weighted by Gasteiger charge is -2.47. The Balaban J connectivity index is 1.88. The molecule has 3 unspecified atom stereocenters. The van der Waals surface area contributed by atoms with Crippen molar-refractivity contribution < 1.29 is 23.9 Å². The number of likely N-dealkylation sites (tertiary alicyclic amines) is 1. The Labute approximate surface area is 181 Å². The number of carbonyl (C=O) groups is 3. The number of nitrogens with zero attached hydrogens (tertiary/aromatic N) is 1. The van der Waals surface area contributed by atoms with Gasteiger partial charge in [-0.2, -0.15) is 0 Å². The molecular weight excluding hydrogens is 394 g/mol. The van der Waals surface area contributed by atoms with Crippen molar-refractivity contribution in [2.45, 2.75) is 24.9 Å². The van der Waals surface area contributed by atoms with Crippen LogP contribution in [-0.2, 0) is 24.5 Å². The smallest absolute Gasteiger partial charge is 0.414 e. The minimum absolute atomic E-state index is 0.142. The van der Waals surface area contributed by atoms with Gasteiger partial charge in [-0.3, -0.25) is 9.59 Å². The molecule has 2 fully saturated rings. The summed E-state index contributed by atoms with van der Waals surface area (Å²) in [7, 11) is 0. The van der Waals surface area contributed by atoms with Crippen LogP contribution in [0.5, 0.6) is 0 Å². The fourth-order valence-corrected chi connectivity index (χ4v) is 5.27. The van der Waals surface area contributed by atoms with Crippen LogP contribution in [0.15, 0.2) is 73.5 Å². The number of fused-ring (bicyclic) bond motifs is 1. The fourth-order valence-electron chi connectivity index (χ4n) is 5.27. The average molecular weight is 419 g/mol. The molecule has 2 aromatic rings. The molecule has 1 heterocycles. The summed E-state index contributed by atoms with van der Waals surface area (Å²) in [5, 5.41) is 0. The minimum Gasteiger partial charge on any atom is -0.454 e. The number of rotatable bonds is 4. The van der Waals surface area contributed by atoms with Gasteiger partial charge in [0.05, 0.1) is 6.26 Å². The number of hydrogen-bond donors (Lipinski definition) is 0. The number of esters is 1. The Morgan fingerprint density at radius 1 is 1.03 bits per heavy atom. The number of Topliss-reactive ketones (excluding diaryl/α,β-unsaturated/α-hetero) is 1. The van der Waals surface area contributed by atoms with Crippen molar-refractivity contribution in [2.75, 3.05) is 13.1 Å². The van der Waals surface area contributed by atoms with E-state index in [9.17, 15) is 14.4 Å². The fraction of sp³-hybridized carbons (Fsp3) is 0.320. The van der Waals surface area contributed by atoms with Crippen LogP contribution in [-0.4, -0.2) is 41.9 Å². The van der Waals surface area contributed by atoms with E-state index in [1.54, 1.807) is 4.90 Å². The molecule has 0 radical (unpaired) electrons. The van der Waals surface area contributed by atoms with Gasteiger partial charge in [-0.25, -0.2) is 4.79 Å². The summed E-state index contributed by atoms with van der Waals surface area (Å²) in [5.41, 5.74) is 1.45. The van der Waals surface area contributed by atoms with Gasteiger partial charge in [-0.05, 0) is 11.1 Å². The Morgan fingerprint density at radius 2 is 1.61 bits per heavy atom. The van der Waals surface area contributed by atoms with Gasteiger partial charge in [0.1, 0.15) is 0 Å². The second-order valence-corrected chi connectivity index (χ2v) is 8.08. The zero-order valence-electron chi connectivity index (χ0n) is 17.4. The monoisotopic (exact) mass is 419 g/mol. The van der Waals surface area contributed by atoms with Crippen molar-refractivity contribution in [1.82, 2.24) is 4.90 Å². The first-order chi connectivity index (χ1) is 15.0. The van der Waals surface area contributed by atoms with Crippen LogP contribution in [0, 0.1) is 11.8 Å². The Hall–Kier alpha value is -3.41. The molecule has 160 valence electrons. The van der Waals surface area contributed by atoms with E-state index in [-0.39, 0.29) is 18.2 Å². The summed E-state index contributed by atoms with van der Waals surface area (Å²) in [5.74, 6) is -1.30. The van der Waals surface area contributed by atoms with Crippen LogP contribution >= 0.6 is 0 Å². The van der Waals surface area contributed by atoms with Crippen molar-refractivity contribution in [3.05, 3.63) is 84.6 Å². The molecule has 0 N–H and O–H groups in total. The lowest BCUT2D eigenvalue weighted by molar-refractivity contribution is -0.159. The zero-order valence-corrected chi connectivity index (χ0v) is 17.4. The van der Waals surface area contributed by atoms with Crippen molar-refractivity contribution in [1.29, 1.82) is 0 Å². The summed E-state index contributed by atoms with van der Waals surface area (Å²) >= 11 is 0. The topological polar surface area (TPSA) is 72.9 Å². The summed E-state index contributed by atoms with van der Waals surface area (Å²) < 4.78 is 10.5. The van der Waals surface area contributed by atoms with E-state index in [0.717, 1.165) is 17.4 Å². The highest BCUT2D eigenvalue weighted by molar-refractivity contribution is 5.90. The summed E-state index contributed by atoms with van der Waals surface area (Å²) in [6.07, 6.45) is 0.00575. The Kier molecular flexibility index (Phi) is 5.63. The maximum Gasteiger partial charge on any atom is 0.414 e. The molecule has 6 nitrogen and oxygen atoms in total. The predicted molar refractivity (Wildman–Crippen MR) is 114 cm³/mol. The highest BCUT2D eigenvalue weighted by Crippen LogP contribution is 2.53. The van der Waals surface area contributed by atoms with Crippen LogP contribution in [0.4, 0.5) is 4.79 Å². The van der Waals surface area contributed by atoms with Gasteiger partial charge in [-0.15, -0.1) is 0 Å². The summed E-state index contributed by atoms with van der Waals surface area (Å²) in [4.78, 5) is 39.2. The normalized spacial score (nSPS) is 24.2. The molecule has 1 amide bonds. The number of hydrogen-bond acceptors (Lipinski definition) is 5. The first kappa shape index (κ1) is 20.8. The first-order valence-electron chi connectivity index (χ1n) is 10.4. The predicted octanol–water partition coefficient (Wildman–Crippen LogP) is 3.71. The molecule has 3 atom stereocenters. The molecule has 4 rings (SSSR count). The molecule has 0 spiro atoms. The molecule has 0 bridgehead atoms. The number of carbonyl (C=O) groups excluding carboxylic acids is 3. The van der Waals surface area contributed by atoms with E-state index >= 15 is 0 Å². The molecule has 6 heteroatoms. The molecule has 2 aromatic carbocycles. The molecule has 2 aliphatic rings. The van der Waals surface area contributed by atoms with Gasteiger partial charge in [0.25, 0.3) is 0 Å². The van der Waals surface area contributed by atoms with Crippen molar-refractivity contribution in [3.63, 3.8) is 0 Å². The Bertz CT molecular complexity index is 948. The lowest BCUT2D eigenvalue weighted by Crippen LogP contribution is -2.54. The third-order valence-electron chi connectivity index (χ3n) is 6.47. The minimum atomic E-state index is -0.880. The number of ketones is 1. The molecule has 0 aromatic heterocycles. The molecule has 1 aliphatic carbocycles. The van der Waals surface area contributed by atoms with Crippen molar-refractivity contribution in [2.24, 2.45) is 11.8 Å². The van der Waals surface area contributed by atoms with Gasteiger partial charge in [0.15, 0.2) is 11.9 Å². The first-order valence-corrected chi connectivity index (χ1v) is 10.4. The second kappa shape index (κ2) is 8.38. The zero-order chi connectivity index (χ0) is 22.0. The van der Waals surface area contributed by atoms with Crippen LogP contribution in [0.2, 0.25) is 0 Å². The SMILES string of the molecule is C=COC(=O)N1CC2C(=O)C(OC(C)=O)CC(c3ccccc3)(c3ccccc3)C2C1. The third kappa shape index (κ3) is 3.63. The van der Waals surface area contributed by atoms with E-state index in [0.29, 0.717) is 13.0 Å². The van der Waals surface area contributed by atoms with Crippen molar-refractivity contribution >= 4 is 17.8 Å². The van der Waals surface area contributed by atoms with E-state index in [1.165, 1.54) is 6.92 Å². The molecule has 1 aliphatic heterocycles. The van der Waals surface area contributed by atoms with E-state index in [4.69, 9.17) is 9.47 Å². The highest BCUT2D eigenvalue weighted by atomic mass is 16.6. The molecule has 1 saturated carbocycles. The second-order valence-electron chi connectivity index (χ2n) is 8.08. The largest absolute Gasteiger partial charge is 0.454 e. The van der Waals surface area contributed by atoms with E-state index in [2.05, 4.69) is 6.58 Å². The maximum atomic E-state index is 13.3. The van der Waals surface area contributed by atoms with Crippen LogP contribution in [0.3, 0.4) is 0 Å². The maximum absolute atomic E-state index is 13.3. The summed E-state index contributed by atoms with van der Waals surface area (Å²) in [6.45, 7) is 5.34. The third-order valence-corrected chi connectivity index (χ3v) is 6.47. The van der Waals surface area contributed by atoms with Gasteiger partial charge < -0.3 is 14.4 Å². The molecule has 31 heavy (non-hydrogen) atoms. The van der Waals surface area contributed by atoms with Gasteiger partial charge in [-0.1, -0.05) is 67.2 Å². The van der Waals surface area contributed by atoms with Crippen molar-refractivity contribution in [3.8, 4) is 0 Å². The standard InChI is InChI=1S/C25H25NO5/c1-3-30-24(29)26-15-20-21(16-26)25(18-10-6-4-7-11-18,19-12-8-5-9-13-19)14-22(23(20)28)31-17(2)27/h3-13,20-22H,1,14-16H2,2H3. The number of benzene rings is 2.